The minimum absolute atomic E-state index is 0.0467. The molecular weight excluding hydrogens is 328 g/mol. The Morgan fingerprint density at radius 1 is 1.42 bits per heavy atom. The maximum atomic E-state index is 11.9. The molecule has 128 valence electrons. The molecule has 0 saturated heterocycles. The number of ether oxygens (including phenoxy) is 1. The summed E-state index contributed by atoms with van der Waals surface area (Å²) in [6, 6.07) is 0. The summed E-state index contributed by atoms with van der Waals surface area (Å²) in [6.07, 6.45) is 8.07. The summed E-state index contributed by atoms with van der Waals surface area (Å²) >= 11 is 1.38. The van der Waals surface area contributed by atoms with E-state index in [1.54, 1.807) is 12.3 Å². The van der Waals surface area contributed by atoms with Crippen LogP contribution in [0.3, 0.4) is 0 Å². The number of rotatable bonds is 10. The molecule has 8 heteroatoms. The number of hydrogen-bond acceptors (Lipinski definition) is 7. The van der Waals surface area contributed by atoms with E-state index in [4.69, 9.17) is 11.2 Å². The van der Waals surface area contributed by atoms with E-state index in [0.29, 0.717) is 50.9 Å². The van der Waals surface area contributed by atoms with Crippen molar-refractivity contribution in [1.82, 2.24) is 10.3 Å². The van der Waals surface area contributed by atoms with E-state index in [0.717, 1.165) is 5.01 Å². The molecule has 0 aliphatic carbocycles. The molecule has 0 spiro atoms. The fraction of sp³-hybridized carbons (Fsp3) is 0.562. The highest BCUT2D eigenvalue weighted by Gasteiger charge is 2.39. The van der Waals surface area contributed by atoms with Gasteiger partial charge in [-0.05, 0) is 6.92 Å². The Bertz CT molecular complexity index is 657. The second-order valence-corrected chi connectivity index (χ2v) is 6.28. The van der Waals surface area contributed by atoms with Crippen molar-refractivity contribution in [1.29, 1.82) is 0 Å². The lowest BCUT2D eigenvalue weighted by Gasteiger charge is -2.08. The van der Waals surface area contributed by atoms with Crippen LogP contribution in [-0.4, -0.2) is 35.7 Å². The average molecular weight is 348 g/mol. The second kappa shape index (κ2) is 8.55. The maximum absolute atomic E-state index is 11.9. The summed E-state index contributed by atoms with van der Waals surface area (Å²) in [7, 11) is 0. The van der Waals surface area contributed by atoms with Gasteiger partial charge in [-0.1, -0.05) is 0 Å². The van der Waals surface area contributed by atoms with Crippen LogP contribution in [0.15, 0.2) is 15.6 Å². The van der Waals surface area contributed by atoms with Crippen LogP contribution in [0.1, 0.15) is 48.1 Å². The number of nitrogens with zero attached hydrogens (tertiary/aromatic N) is 3. The Balaban J connectivity index is 1.64. The van der Waals surface area contributed by atoms with Crippen molar-refractivity contribution in [3.05, 3.63) is 16.1 Å². The summed E-state index contributed by atoms with van der Waals surface area (Å²) in [5, 5.41) is 13.3. The van der Waals surface area contributed by atoms with Gasteiger partial charge in [0.15, 0.2) is 11.4 Å². The predicted octanol–water partition coefficient (Wildman–Crippen LogP) is 2.33. The first kappa shape index (κ1) is 18.1. The van der Waals surface area contributed by atoms with Crippen LogP contribution in [0.4, 0.5) is 0 Å². The van der Waals surface area contributed by atoms with Gasteiger partial charge in [0.25, 0.3) is 0 Å². The molecular formula is C16H20N4O3S. The molecule has 0 fully saturated rings. The van der Waals surface area contributed by atoms with Gasteiger partial charge in [-0.15, -0.1) is 23.7 Å². The lowest BCUT2D eigenvalue weighted by Crippen LogP contribution is -2.27. The molecule has 0 saturated carbocycles. The molecule has 0 unspecified atom stereocenters. The Hall–Kier alpha value is -2.27. The largest absolute Gasteiger partial charge is 0.461 e. The number of nitrogens with one attached hydrogen (secondary N) is 1. The van der Waals surface area contributed by atoms with Gasteiger partial charge >= 0.3 is 5.97 Å². The van der Waals surface area contributed by atoms with Crippen molar-refractivity contribution >= 4 is 23.2 Å². The Labute approximate surface area is 144 Å². The molecule has 0 bridgehead atoms. The van der Waals surface area contributed by atoms with E-state index in [-0.39, 0.29) is 5.91 Å². The van der Waals surface area contributed by atoms with Crippen LogP contribution in [-0.2, 0) is 16.0 Å². The number of amides is 1. The Morgan fingerprint density at radius 3 is 2.88 bits per heavy atom. The van der Waals surface area contributed by atoms with Crippen LogP contribution in [0.5, 0.6) is 0 Å². The van der Waals surface area contributed by atoms with E-state index >= 15 is 0 Å². The topological polar surface area (TPSA) is 93.0 Å². The summed E-state index contributed by atoms with van der Waals surface area (Å²) < 4.78 is 4.89. The fourth-order valence-electron chi connectivity index (χ4n) is 2.10. The molecule has 1 aliphatic rings. The molecule has 0 aromatic carbocycles. The smallest absolute Gasteiger partial charge is 0.357 e. The first-order valence-electron chi connectivity index (χ1n) is 7.84. The van der Waals surface area contributed by atoms with Crippen LogP contribution in [0.25, 0.3) is 0 Å². The van der Waals surface area contributed by atoms with Crippen molar-refractivity contribution in [2.45, 2.75) is 44.7 Å². The number of terminal acetylenes is 1. The summed E-state index contributed by atoms with van der Waals surface area (Å²) in [6.45, 7) is 2.54. The maximum Gasteiger partial charge on any atom is 0.357 e. The highest BCUT2D eigenvalue weighted by molar-refractivity contribution is 7.09. The zero-order valence-corrected chi connectivity index (χ0v) is 14.4. The van der Waals surface area contributed by atoms with E-state index in [2.05, 4.69) is 26.4 Å². The van der Waals surface area contributed by atoms with Crippen molar-refractivity contribution < 1.29 is 14.3 Å². The number of carbonyl (C=O) groups is 2. The number of esters is 1. The standard InChI is InChI=1S/C16H20N4O3S/c1-3-5-8-16(19-20-16)9-6-13(21)17-10-7-14-18-12(11-24-14)15(22)23-4-2/h1,11H,4-10H2,2H3,(H,17,21). The van der Waals surface area contributed by atoms with Gasteiger partial charge < -0.3 is 10.1 Å². The molecule has 1 amide bonds. The van der Waals surface area contributed by atoms with E-state index in [1.807, 2.05) is 0 Å². The highest BCUT2D eigenvalue weighted by atomic mass is 32.1. The molecule has 0 atom stereocenters. The molecule has 2 heterocycles. The van der Waals surface area contributed by atoms with Gasteiger partial charge in [0.1, 0.15) is 0 Å². The summed E-state index contributed by atoms with van der Waals surface area (Å²) in [5.74, 6) is 2.10. The third kappa shape index (κ3) is 5.42. The second-order valence-electron chi connectivity index (χ2n) is 5.33. The van der Waals surface area contributed by atoms with Crippen molar-refractivity contribution in [2.75, 3.05) is 13.2 Å². The molecule has 7 nitrogen and oxygen atoms in total. The average Bonchev–Trinajstić information content (AvgIpc) is 3.19. The zero-order chi connectivity index (χ0) is 17.4. The SMILES string of the molecule is C#CCCC1(CCC(=O)NCCc2nc(C(=O)OCC)cs2)N=N1. The third-order valence-electron chi connectivity index (χ3n) is 3.50. The van der Waals surface area contributed by atoms with Crippen LogP contribution in [0, 0.1) is 12.3 Å². The minimum atomic E-state index is -0.423. The summed E-state index contributed by atoms with van der Waals surface area (Å²) in [5.41, 5.74) is -0.108. The molecule has 1 N–H and O–H groups in total. The lowest BCUT2D eigenvalue weighted by atomic mass is 10.0. The van der Waals surface area contributed by atoms with Crippen molar-refractivity contribution in [3.8, 4) is 12.3 Å². The van der Waals surface area contributed by atoms with Gasteiger partial charge in [-0.25, -0.2) is 9.78 Å². The van der Waals surface area contributed by atoms with E-state index in [9.17, 15) is 9.59 Å². The first-order valence-corrected chi connectivity index (χ1v) is 8.72. The molecule has 1 aromatic heterocycles. The predicted molar refractivity (Wildman–Crippen MR) is 89.7 cm³/mol. The number of aromatic nitrogens is 1. The lowest BCUT2D eigenvalue weighted by molar-refractivity contribution is -0.121. The van der Waals surface area contributed by atoms with Crippen LogP contribution < -0.4 is 5.32 Å². The van der Waals surface area contributed by atoms with E-state index in [1.165, 1.54) is 11.3 Å². The molecule has 24 heavy (non-hydrogen) atoms. The number of carbonyl (C=O) groups excluding carboxylic acids is 2. The zero-order valence-electron chi connectivity index (χ0n) is 13.6. The van der Waals surface area contributed by atoms with Gasteiger partial charge in [-0.3, -0.25) is 4.79 Å². The molecule has 1 aromatic rings. The Kier molecular flexibility index (Phi) is 6.44. The van der Waals surface area contributed by atoms with Crippen LogP contribution >= 0.6 is 11.3 Å². The van der Waals surface area contributed by atoms with Crippen molar-refractivity contribution in [2.24, 2.45) is 10.2 Å². The Morgan fingerprint density at radius 2 is 2.21 bits per heavy atom. The fourth-order valence-corrected chi connectivity index (χ4v) is 2.87. The quantitative estimate of drug-likeness (QED) is 0.519. The first-order chi connectivity index (χ1) is 11.6. The molecule has 1 aliphatic heterocycles. The summed E-state index contributed by atoms with van der Waals surface area (Å²) in [4.78, 5) is 27.6. The van der Waals surface area contributed by atoms with Gasteiger partial charge in [-0.2, -0.15) is 10.2 Å². The van der Waals surface area contributed by atoms with Gasteiger partial charge in [0.05, 0.1) is 11.6 Å². The third-order valence-corrected chi connectivity index (χ3v) is 4.41. The molecule has 0 radical (unpaired) electrons. The number of hydrogen-bond donors (Lipinski definition) is 1. The van der Waals surface area contributed by atoms with Crippen LogP contribution in [0.2, 0.25) is 0 Å². The monoisotopic (exact) mass is 348 g/mol. The highest BCUT2D eigenvalue weighted by Crippen LogP contribution is 2.37. The van der Waals surface area contributed by atoms with Gasteiger partial charge in [0, 0.05) is 44.0 Å². The van der Waals surface area contributed by atoms with Gasteiger partial charge in [0.2, 0.25) is 5.91 Å². The van der Waals surface area contributed by atoms with E-state index < -0.39 is 11.6 Å². The van der Waals surface area contributed by atoms with Crippen molar-refractivity contribution in [3.63, 3.8) is 0 Å². The number of thiazole rings is 1. The minimum Gasteiger partial charge on any atom is -0.461 e. The molecule has 2 rings (SSSR count). The normalized spacial score (nSPS) is 14.0.